The Morgan fingerprint density at radius 2 is 2.00 bits per heavy atom. The van der Waals surface area contributed by atoms with Crippen molar-refractivity contribution in [2.45, 2.75) is 6.92 Å². The minimum Gasteiger partial charge on any atom is -0.497 e. The summed E-state index contributed by atoms with van der Waals surface area (Å²) >= 11 is 6.15. The molecule has 2 N–H and O–H groups in total. The van der Waals surface area contributed by atoms with Gasteiger partial charge in [-0.1, -0.05) is 23.7 Å². The summed E-state index contributed by atoms with van der Waals surface area (Å²) in [7, 11) is 1.61. The fourth-order valence-electron chi connectivity index (χ4n) is 2.46. The predicted octanol–water partition coefficient (Wildman–Crippen LogP) is 3.90. The van der Waals surface area contributed by atoms with Crippen molar-refractivity contribution in [3.05, 3.63) is 64.3 Å². The first-order valence-corrected chi connectivity index (χ1v) is 7.72. The lowest BCUT2D eigenvalue weighted by molar-refractivity contribution is 0.0950. The molecular formula is C18H16ClN3O2. The second-order valence-corrected chi connectivity index (χ2v) is 5.67. The summed E-state index contributed by atoms with van der Waals surface area (Å²) in [5, 5.41) is 5.49. The molecule has 1 aromatic heterocycles. The number of H-pyrrole nitrogens is 1. The fraction of sp³-hybridized carbons (Fsp3) is 0.111. The first-order chi connectivity index (χ1) is 11.6. The molecule has 1 heterocycles. The number of nitrogens with zero attached hydrogens (tertiary/aromatic N) is 1. The third-order valence-electron chi connectivity index (χ3n) is 3.77. The molecule has 6 heteroatoms. The van der Waals surface area contributed by atoms with Crippen LogP contribution >= 0.6 is 11.6 Å². The van der Waals surface area contributed by atoms with E-state index in [-0.39, 0.29) is 5.91 Å². The second kappa shape index (κ2) is 6.76. The number of aromatic amines is 1. The Morgan fingerprint density at radius 1 is 1.25 bits per heavy atom. The molecule has 3 aromatic rings. The lowest BCUT2D eigenvalue weighted by atomic mass is 10.1. The van der Waals surface area contributed by atoms with E-state index in [4.69, 9.17) is 16.3 Å². The number of hydrogen-bond acceptors (Lipinski definition) is 3. The number of methoxy groups -OCH3 is 1. The number of benzene rings is 2. The van der Waals surface area contributed by atoms with Gasteiger partial charge in [-0.15, -0.1) is 0 Å². The highest BCUT2D eigenvalue weighted by Gasteiger charge is 2.15. The summed E-state index contributed by atoms with van der Waals surface area (Å²) in [5.74, 6) is 0.450. The molecule has 0 saturated carbocycles. The molecule has 0 aliphatic rings. The fourth-order valence-corrected chi connectivity index (χ4v) is 2.68. The number of aromatic nitrogens is 1. The summed E-state index contributed by atoms with van der Waals surface area (Å²) in [5.41, 5.74) is 5.41. The van der Waals surface area contributed by atoms with Gasteiger partial charge in [0.15, 0.2) is 0 Å². The van der Waals surface area contributed by atoms with E-state index in [0.29, 0.717) is 10.7 Å². The van der Waals surface area contributed by atoms with Gasteiger partial charge >= 0.3 is 0 Å². The van der Waals surface area contributed by atoms with Crippen LogP contribution in [0.15, 0.2) is 47.6 Å². The number of carbonyl (C=O) groups excluding carboxylic acids is 1. The van der Waals surface area contributed by atoms with E-state index in [1.165, 1.54) is 0 Å². The van der Waals surface area contributed by atoms with Crippen molar-refractivity contribution in [3.63, 3.8) is 0 Å². The number of rotatable bonds is 4. The van der Waals surface area contributed by atoms with Crippen molar-refractivity contribution >= 4 is 34.6 Å². The average Bonchev–Trinajstić information content (AvgIpc) is 2.94. The average molecular weight is 342 g/mol. The Morgan fingerprint density at radius 3 is 2.67 bits per heavy atom. The van der Waals surface area contributed by atoms with Crippen LogP contribution in [0.5, 0.6) is 5.75 Å². The first-order valence-electron chi connectivity index (χ1n) is 7.34. The van der Waals surface area contributed by atoms with E-state index in [1.54, 1.807) is 19.4 Å². The number of fused-ring (bicyclic) bond motifs is 1. The number of nitrogens with one attached hydrogen (secondary N) is 2. The molecule has 24 heavy (non-hydrogen) atoms. The summed E-state index contributed by atoms with van der Waals surface area (Å²) in [6, 6.07) is 12.9. The molecule has 3 rings (SSSR count). The molecule has 2 aromatic carbocycles. The SMILES string of the molecule is COc1ccc(/C=N/NC(=O)c2[nH]c3c(Cl)cccc3c2C)cc1. The van der Waals surface area contributed by atoms with Crippen LogP contribution in [0.1, 0.15) is 21.6 Å². The quantitative estimate of drug-likeness (QED) is 0.558. The molecular weight excluding hydrogens is 326 g/mol. The Hall–Kier alpha value is -2.79. The number of amides is 1. The van der Waals surface area contributed by atoms with E-state index >= 15 is 0 Å². The van der Waals surface area contributed by atoms with Gasteiger partial charge in [0.05, 0.1) is 23.9 Å². The molecule has 0 fully saturated rings. The van der Waals surface area contributed by atoms with Gasteiger partial charge in [0.1, 0.15) is 11.4 Å². The molecule has 1 amide bonds. The zero-order chi connectivity index (χ0) is 17.1. The van der Waals surface area contributed by atoms with Crippen LogP contribution in [0.3, 0.4) is 0 Å². The minimum atomic E-state index is -0.315. The van der Waals surface area contributed by atoms with Crippen LogP contribution in [0.25, 0.3) is 10.9 Å². The standard InChI is InChI=1S/C18H16ClN3O2/c1-11-14-4-3-5-15(19)17(14)21-16(11)18(23)22-20-10-12-6-8-13(24-2)9-7-12/h3-10,21H,1-2H3,(H,22,23)/b20-10+. The molecule has 0 bridgehead atoms. The van der Waals surface area contributed by atoms with Gasteiger partial charge in [0, 0.05) is 5.39 Å². The maximum atomic E-state index is 12.3. The van der Waals surface area contributed by atoms with Gasteiger partial charge in [-0.3, -0.25) is 4.79 Å². The molecule has 0 aliphatic carbocycles. The highest BCUT2D eigenvalue weighted by atomic mass is 35.5. The summed E-state index contributed by atoms with van der Waals surface area (Å²) in [4.78, 5) is 15.4. The number of para-hydroxylation sites is 1. The van der Waals surface area contributed by atoms with Gasteiger partial charge < -0.3 is 9.72 Å². The molecule has 0 atom stereocenters. The Balaban J connectivity index is 1.76. The van der Waals surface area contributed by atoms with Crippen LogP contribution < -0.4 is 10.2 Å². The van der Waals surface area contributed by atoms with E-state index in [9.17, 15) is 4.79 Å². The molecule has 0 radical (unpaired) electrons. The smallest absolute Gasteiger partial charge is 0.288 e. The number of hydrogen-bond donors (Lipinski definition) is 2. The molecule has 122 valence electrons. The van der Waals surface area contributed by atoms with Crippen molar-refractivity contribution < 1.29 is 9.53 Å². The first kappa shape index (κ1) is 16.1. The molecule has 0 spiro atoms. The maximum Gasteiger partial charge on any atom is 0.288 e. The van der Waals surface area contributed by atoms with Gasteiger partial charge in [0.2, 0.25) is 0 Å². The lowest BCUT2D eigenvalue weighted by Gasteiger charge is -2.00. The topological polar surface area (TPSA) is 66.5 Å². The van der Waals surface area contributed by atoms with Crippen molar-refractivity contribution in [3.8, 4) is 5.75 Å². The highest BCUT2D eigenvalue weighted by molar-refractivity contribution is 6.35. The van der Waals surface area contributed by atoms with E-state index in [2.05, 4.69) is 15.5 Å². The van der Waals surface area contributed by atoms with Crippen LogP contribution in [-0.4, -0.2) is 24.2 Å². The van der Waals surface area contributed by atoms with Gasteiger partial charge in [0.25, 0.3) is 5.91 Å². The number of ether oxygens (including phenoxy) is 1. The zero-order valence-electron chi connectivity index (χ0n) is 13.3. The van der Waals surface area contributed by atoms with E-state index in [1.807, 2.05) is 43.3 Å². The maximum absolute atomic E-state index is 12.3. The molecule has 0 saturated heterocycles. The lowest BCUT2D eigenvalue weighted by Crippen LogP contribution is -2.18. The Labute approximate surface area is 144 Å². The van der Waals surface area contributed by atoms with Crippen molar-refractivity contribution in [1.29, 1.82) is 0 Å². The number of hydrazone groups is 1. The third-order valence-corrected chi connectivity index (χ3v) is 4.08. The predicted molar refractivity (Wildman–Crippen MR) is 96.1 cm³/mol. The van der Waals surface area contributed by atoms with Crippen molar-refractivity contribution in [1.82, 2.24) is 10.4 Å². The van der Waals surface area contributed by atoms with Crippen LogP contribution in [-0.2, 0) is 0 Å². The second-order valence-electron chi connectivity index (χ2n) is 5.26. The summed E-state index contributed by atoms with van der Waals surface area (Å²) in [6.07, 6.45) is 1.57. The van der Waals surface area contributed by atoms with Gasteiger partial charge in [-0.05, 0) is 48.4 Å². The summed E-state index contributed by atoms with van der Waals surface area (Å²) < 4.78 is 5.09. The normalized spacial score (nSPS) is 11.1. The molecule has 0 unspecified atom stereocenters. The third kappa shape index (κ3) is 3.12. The Bertz CT molecular complexity index is 914. The van der Waals surface area contributed by atoms with Crippen LogP contribution in [0.4, 0.5) is 0 Å². The van der Waals surface area contributed by atoms with Gasteiger partial charge in [-0.2, -0.15) is 5.10 Å². The van der Waals surface area contributed by atoms with Crippen molar-refractivity contribution in [2.24, 2.45) is 5.10 Å². The molecule has 0 aliphatic heterocycles. The largest absolute Gasteiger partial charge is 0.497 e. The van der Waals surface area contributed by atoms with Crippen LogP contribution in [0, 0.1) is 6.92 Å². The minimum absolute atomic E-state index is 0.315. The Kier molecular flexibility index (Phi) is 4.53. The van der Waals surface area contributed by atoms with E-state index in [0.717, 1.165) is 27.8 Å². The van der Waals surface area contributed by atoms with Gasteiger partial charge in [-0.25, -0.2) is 5.43 Å². The number of halogens is 1. The highest BCUT2D eigenvalue weighted by Crippen LogP contribution is 2.27. The monoisotopic (exact) mass is 341 g/mol. The van der Waals surface area contributed by atoms with E-state index < -0.39 is 0 Å². The molecule has 5 nitrogen and oxygen atoms in total. The van der Waals surface area contributed by atoms with Crippen LogP contribution in [0.2, 0.25) is 5.02 Å². The number of aryl methyl sites for hydroxylation is 1. The number of carbonyl (C=O) groups is 1. The summed E-state index contributed by atoms with van der Waals surface area (Å²) in [6.45, 7) is 1.87. The van der Waals surface area contributed by atoms with Crippen molar-refractivity contribution in [2.75, 3.05) is 7.11 Å². The zero-order valence-corrected chi connectivity index (χ0v) is 14.0.